The summed E-state index contributed by atoms with van der Waals surface area (Å²) in [5, 5.41) is 16.5. The molecule has 3 N–H and O–H groups in total. The second kappa shape index (κ2) is 7.74. The maximum atomic E-state index is 12.4. The summed E-state index contributed by atoms with van der Waals surface area (Å²) in [4.78, 5) is 11.8. The number of nitrogens with two attached hydrogens (primary N) is 1. The number of aromatic nitrogens is 2. The van der Waals surface area contributed by atoms with Gasteiger partial charge in [-0.2, -0.15) is 35.3 Å². The summed E-state index contributed by atoms with van der Waals surface area (Å²) >= 11 is 1.42. The van der Waals surface area contributed by atoms with Crippen LogP contribution in [-0.2, 0) is 0 Å². The Labute approximate surface area is 161 Å². The number of nitrogens with one attached hydrogen (secondary N) is 1. The van der Waals surface area contributed by atoms with Crippen molar-refractivity contribution in [1.29, 1.82) is 5.26 Å². The summed E-state index contributed by atoms with van der Waals surface area (Å²) in [5.74, 6) is 0.677. The van der Waals surface area contributed by atoms with E-state index in [0.29, 0.717) is 17.2 Å². The predicted molar refractivity (Wildman–Crippen MR) is 97.8 cm³/mol. The SMILES string of the molecule is N#C[C@@H]1CSC[C@H]1n1cc(C(N)=O)c(Nc2ccc(SC(F)(F)F)cc2)n1. The number of rotatable bonds is 5. The third-order valence-electron chi connectivity index (χ3n) is 3.90. The fourth-order valence-corrected chi connectivity index (χ4v) is 4.49. The second-order valence-corrected chi connectivity index (χ2v) is 7.99. The molecular formula is C16H14F3N5OS2. The number of primary amides is 1. The molecule has 1 aliphatic heterocycles. The van der Waals surface area contributed by atoms with E-state index < -0.39 is 11.4 Å². The molecule has 1 aliphatic rings. The van der Waals surface area contributed by atoms with Gasteiger partial charge < -0.3 is 11.1 Å². The third kappa shape index (κ3) is 4.70. The third-order valence-corrected chi connectivity index (χ3v) is 5.82. The predicted octanol–water partition coefficient (Wildman–Crippen LogP) is 3.77. The van der Waals surface area contributed by atoms with Crippen LogP contribution in [0, 0.1) is 17.2 Å². The molecule has 0 radical (unpaired) electrons. The Morgan fingerprint density at radius 3 is 2.67 bits per heavy atom. The number of anilines is 2. The largest absolute Gasteiger partial charge is 0.446 e. The molecule has 0 unspecified atom stereocenters. The molecule has 1 aromatic carbocycles. The van der Waals surface area contributed by atoms with Gasteiger partial charge in [-0.15, -0.1) is 0 Å². The van der Waals surface area contributed by atoms with E-state index in [9.17, 15) is 23.2 Å². The fraction of sp³-hybridized carbons (Fsp3) is 0.312. The maximum absolute atomic E-state index is 12.4. The molecule has 3 rings (SSSR count). The van der Waals surface area contributed by atoms with Crippen LogP contribution < -0.4 is 11.1 Å². The van der Waals surface area contributed by atoms with Gasteiger partial charge in [0.1, 0.15) is 5.56 Å². The molecule has 2 heterocycles. The molecule has 142 valence electrons. The van der Waals surface area contributed by atoms with Gasteiger partial charge in [0, 0.05) is 28.3 Å². The Kier molecular flexibility index (Phi) is 5.57. The van der Waals surface area contributed by atoms with Crippen molar-refractivity contribution in [2.24, 2.45) is 11.7 Å². The van der Waals surface area contributed by atoms with E-state index in [1.54, 1.807) is 16.4 Å². The number of carbonyl (C=O) groups is 1. The van der Waals surface area contributed by atoms with Gasteiger partial charge in [-0.3, -0.25) is 9.48 Å². The Balaban J connectivity index is 1.82. The topological polar surface area (TPSA) is 96.7 Å². The zero-order valence-electron chi connectivity index (χ0n) is 13.7. The van der Waals surface area contributed by atoms with Crippen LogP contribution in [0.1, 0.15) is 16.4 Å². The van der Waals surface area contributed by atoms with Crippen LogP contribution in [0.4, 0.5) is 24.7 Å². The fourth-order valence-electron chi connectivity index (χ4n) is 2.64. The molecule has 1 saturated heterocycles. The molecule has 11 heteroatoms. The summed E-state index contributed by atoms with van der Waals surface area (Å²) in [6.45, 7) is 0. The second-order valence-electron chi connectivity index (χ2n) is 5.77. The van der Waals surface area contributed by atoms with E-state index in [1.165, 1.54) is 30.5 Å². The first-order valence-corrected chi connectivity index (χ1v) is 9.73. The van der Waals surface area contributed by atoms with E-state index in [-0.39, 0.29) is 40.0 Å². The number of hydrogen-bond acceptors (Lipinski definition) is 6. The first kappa shape index (κ1) is 19.4. The highest BCUT2D eigenvalue weighted by Gasteiger charge is 2.31. The average Bonchev–Trinajstić information content (AvgIpc) is 3.21. The van der Waals surface area contributed by atoms with Crippen molar-refractivity contribution in [2.45, 2.75) is 16.4 Å². The van der Waals surface area contributed by atoms with E-state index >= 15 is 0 Å². The molecular weight excluding hydrogens is 399 g/mol. The van der Waals surface area contributed by atoms with Gasteiger partial charge in [-0.25, -0.2) is 0 Å². The zero-order valence-corrected chi connectivity index (χ0v) is 15.4. The molecule has 1 amide bonds. The number of nitriles is 1. The molecule has 0 saturated carbocycles. The minimum atomic E-state index is -4.36. The van der Waals surface area contributed by atoms with Crippen molar-refractivity contribution in [2.75, 3.05) is 16.8 Å². The lowest BCUT2D eigenvalue weighted by molar-refractivity contribution is -0.0328. The summed E-state index contributed by atoms with van der Waals surface area (Å²) in [7, 11) is 0. The lowest BCUT2D eigenvalue weighted by Crippen LogP contribution is -2.17. The van der Waals surface area contributed by atoms with E-state index in [0.717, 1.165) is 0 Å². The molecule has 2 atom stereocenters. The number of halogens is 3. The van der Waals surface area contributed by atoms with Gasteiger partial charge in [0.25, 0.3) is 5.91 Å². The van der Waals surface area contributed by atoms with Gasteiger partial charge >= 0.3 is 5.51 Å². The van der Waals surface area contributed by atoms with Crippen LogP contribution in [0.5, 0.6) is 0 Å². The standard InChI is InChI=1S/C16H14F3N5OS2/c17-16(18,19)27-11-3-1-10(2-4-11)22-15-12(14(21)25)6-24(23-15)13-8-26-7-9(13)5-20/h1-4,6,9,13H,7-8H2,(H2,21,25)(H,22,23)/t9-,13-/m1/s1. The number of alkyl halides is 3. The number of hydrogen-bond donors (Lipinski definition) is 2. The van der Waals surface area contributed by atoms with Gasteiger partial charge in [0.05, 0.1) is 18.0 Å². The number of thioether (sulfide) groups is 2. The molecule has 1 fully saturated rings. The maximum Gasteiger partial charge on any atom is 0.446 e. The molecule has 0 spiro atoms. The molecule has 6 nitrogen and oxygen atoms in total. The van der Waals surface area contributed by atoms with E-state index in [4.69, 9.17) is 5.73 Å². The number of amides is 1. The van der Waals surface area contributed by atoms with E-state index in [2.05, 4.69) is 16.5 Å². The normalized spacial score (nSPS) is 19.6. The highest BCUT2D eigenvalue weighted by molar-refractivity contribution is 8.00. The van der Waals surface area contributed by atoms with Crippen LogP contribution in [0.15, 0.2) is 35.4 Å². The first-order valence-electron chi connectivity index (χ1n) is 7.76. The molecule has 0 bridgehead atoms. The lowest BCUT2D eigenvalue weighted by Gasteiger charge is -2.12. The Bertz CT molecular complexity index is 876. The van der Waals surface area contributed by atoms with Crippen LogP contribution in [0.25, 0.3) is 0 Å². The van der Waals surface area contributed by atoms with Crippen molar-refractivity contribution >= 4 is 40.9 Å². The quantitative estimate of drug-likeness (QED) is 0.725. The van der Waals surface area contributed by atoms with Gasteiger partial charge in [0.2, 0.25) is 0 Å². The Morgan fingerprint density at radius 2 is 2.07 bits per heavy atom. The summed E-state index contributed by atoms with van der Waals surface area (Å²) in [5.41, 5.74) is 1.67. The summed E-state index contributed by atoms with van der Waals surface area (Å²) in [6, 6.07) is 7.62. The minimum Gasteiger partial charge on any atom is -0.365 e. The number of nitrogens with zero attached hydrogens (tertiary/aromatic N) is 3. The molecule has 1 aromatic heterocycles. The van der Waals surface area contributed by atoms with Gasteiger partial charge in [0.15, 0.2) is 5.82 Å². The smallest absolute Gasteiger partial charge is 0.365 e. The average molecular weight is 413 g/mol. The Hall–Kier alpha value is -2.32. The summed E-state index contributed by atoms with van der Waals surface area (Å²) < 4.78 is 38.8. The molecule has 2 aromatic rings. The van der Waals surface area contributed by atoms with Crippen molar-refractivity contribution < 1.29 is 18.0 Å². The molecule has 27 heavy (non-hydrogen) atoms. The number of benzene rings is 1. The van der Waals surface area contributed by atoms with Crippen molar-refractivity contribution in [3.63, 3.8) is 0 Å². The highest BCUT2D eigenvalue weighted by atomic mass is 32.2. The van der Waals surface area contributed by atoms with Crippen molar-refractivity contribution in [3.05, 3.63) is 36.0 Å². The highest BCUT2D eigenvalue weighted by Crippen LogP contribution is 2.37. The minimum absolute atomic E-state index is 0.0496. The van der Waals surface area contributed by atoms with E-state index in [1.807, 2.05) is 0 Å². The molecule has 0 aliphatic carbocycles. The first-order chi connectivity index (χ1) is 12.8. The monoisotopic (exact) mass is 413 g/mol. The zero-order chi connectivity index (χ0) is 19.6. The van der Waals surface area contributed by atoms with Gasteiger partial charge in [-0.1, -0.05) is 0 Å². The number of carbonyl (C=O) groups excluding carboxylic acids is 1. The Morgan fingerprint density at radius 1 is 1.37 bits per heavy atom. The van der Waals surface area contributed by atoms with Crippen LogP contribution >= 0.6 is 23.5 Å². The lowest BCUT2D eigenvalue weighted by atomic mass is 10.1. The summed E-state index contributed by atoms with van der Waals surface area (Å²) in [6.07, 6.45) is 1.50. The van der Waals surface area contributed by atoms with Crippen molar-refractivity contribution in [3.8, 4) is 6.07 Å². The van der Waals surface area contributed by atoms with Crippen molar-refractivity contribution in [1.82, 2.24) is 9.78 Å². The van der Waals surface area contributed by atoms with Crippen LogP contribution in [-0.4, -0.2) is 32.7 Å². The van der Waals surface area contributed by atoms with Crippen LogP contribution in [0.3, 0.4) is 0 Å². The van der Waals surface area contributed by atoms with Gasteiger partial charge in [-0.05, 0) is 36.0 Å². The van der Waals surface area contributed by atoms with Crippen LogP contribution in [0.2, 0.25) is 0 Å².